The number of aromatic nitrogens is 2. The van der Waals surface area contributed by atoms with Crippen LogP contribution in [-0.4, -0.2) is 40.5 Å². The lowest BCUT2D eigenvalue weighted by atomic mass is 10.2. The summed E-state index contributed by atoms with van der Waals surface area (Å²) in [4.78, 5) is 18.1. The van der Waals surface area contributed by atoms with Crippen LogP contribution < -0.4 is 10.9 Å². The number of aliphatic hydroxyl groups excluding tert-OH is 1. The summed E-state index contributed by atoms with van der Waals surface area (Å²) in [6.07, 6.45) is 0.694. The van der Waals surface area contributed by atoms with E-state index in [1.807, 2.05) is 7.05 Å². The van der Waals surface area contributed by atoms with Crippen molar-refractivity contribution in [1.82, 2.24) is 15.3 Å². The summed E-state index contributed by atoms with van der Waals surface area (Å²) in [7, 11) is 1.85. The summed E-state index contributed by atoms with van der Waals surface area (Å²) in [5.74, 6) is 0.767. The van der Waals surface area contributed by atoms with Gasteiger partial charge in [0.2, 0.25) is 0 Å². The number of nitrogens with zero attached hydrogens (tertiary/aromatic N) is 1. The first-order valence-electron chi connectivity index (χ1n) is 5.14. The summed E-state index contributed by atoms with van der Waals surface area (Å²) in [6.45, 7) is 1.95. The lowest BCUT2D eigenvalue weighted by molar-refractivity contribution is 0.273. The number of aryl methyl sites for hydroxylation is 1. The molecular weight excluding hydrogens is 226 g/mol. The zero-order valence-electron chi connectivity index (χ0n) is 9.49. The van der Waals surface area contributed by atoms with Gasteiger partial charge in [-0.15, -0.1) is 0 Å². The molecule has 90 valence electrons. The Balaban J connectivity index is 2.56. The molecule has 1 rings (SSSR count). The van der Waals surface area contributed by atoms with Crippen molar-refractivity contribution < 1.29 is 5.11 Å². The molecule has 1 heterocycles. The standard InChI is InChI=1S/C10H17N3O2S/c1-7-5-9(15)13-10(12-7)16-6-8(11-2)3-4-14/h5,8,11,14H,3-4,6H2,1-2H3,(H,12,13,15). The van der Waals surface area contributed by atoms with Gasteiger partial charge in [-0.3, -0.25) is 4.79 Å². The third-order valence-electron chi connectivity index (χ3n) is 2.16. The van der Waals surface area contributed by atoms with Crippen molar-refractivity contribution in [2.45, 2.75) is 24.5 Å². The largest absolute Gasteiger partial charge is 0.396 e. The van der Waals surface area contributed by atoms with Crippen LogP contribution in [0.5, 0.6) is 0 Å². The predicted molar refractivity (Wildman–Crippen MR) is 64.9 cm³/mol. The Kier molecular flexibility index (Phi) is 5.51. The fraction of sp³-hybridized carbons (Fsp3) is 0.600. The number of rotatable bonds is 6. The molecule has 3 N–H and O–H groups in total. The molecule has 16 heavy (non-hydrogen) atoms. The van der Waals surface area contributed by atoms with Gasteiger partial charge in [0.1, 0.15) is 0 Å². The molecular formula is C10H17N3O2S. The summed E-state index contributed by atoms with van der Waals surface area (Å²) in [5.41, 5.74) is 0.590. The SMILES string of the molecule is CNC(CCO)CSc1nc(C)cc(=O)[nH]1. The molecule has 0 radical (unpaired) electrons. The minimum atomic E-state index is -0.127. The number of hydrogen-bond donors (Lipinski definition) is 3. The molecule has 0 aliphatic heterocycles. The first-order valence-corrected chi connectivity index (χ1v) is 6.13. The summed E-state index contributed by atoms with van der Waals surface area (Å²) < 4.78 is 0. The average Bonchev–Trinajstić information content (AvgIpc) is 2.23. The second-order valence-electron chi connectivity index (χ2n) is 3.50. The molecule has 0 bridgehead atoms. The molecule has 0 saturated carbocycles. The molecule has 0 aliphatic rings. The molecule has 1 aromatic heterocycles. The van der Waals surface area contributed by atoms with Crippen molar-refractivity contribution in [1.29, 1.82) is 0 Å². The first-order chi connectivity index (χ1) is 7.65. The lowest BCUT2D eigenvalue weighted by Gasteiger charge is -2.13. The number of nitrogens with one attached hydrogen (secondary N) is 2. The van der Waals surface area contributed by atoms with Gasteiger partial charge >= 0.3 is 0 Å². The van der Waals surface area contributed by atoms with E-state index in [0.717, 1.165) is 11.4 Å². The predicted octanol–water partition coefficient (Wildman–Crippen LogP) is 0.141. The van der Waals surface area contributed by atoms with Gasteiger partial charge in [0.15, 0.2) is 5.16 Å². The third kappa shape index (κ3) is 4.34. The molecule has 5 nitrogen and oxygen atoms in total. The molecule has 0 amide bonds. The molecule has 0 spiro atoms. The van der Waals surface area contributed by atoms with Crippen molar-refractivity contribution in [2.75, 3.05) is 19.4 Å². The smallest absolute Gasteiger partial charge is 0.251 e. The number of hydrogen-bond acceptors (Lipinski definition) is 5. The quantitative estimate of drug-likeness (QED) is 0.489. The van der Waals surface area contributed by atoms with Crippen LogP contribution in [0.4, 0.5) is 0 Å². The molecule has 1 aromatic rings. The van der Waals surface area contributed by atoms with Crippen molar-refractivity contribution in [3.63, 3.8) is 0 Å². The van der Waals surface area contributed by atoms with E-state index in [2.05, 4.69) is 15.3 Å². The molecule has 1 unspecified atom stereocenters. The summed E-state index contributed by atoms with van der Waals surface area (Å²) in [5, 5.41) is 12.6. The van der Waals surface area contributed by atoms with E-state index >= 15 is 0 Å². The fourth-order valence-electron chi connectivity index (χ4n) is 1.27. The highest BCUT2D eigenvalue weighted by Crippen LogP contribution is 2.13. The molecule has 1 atom stereocenters. The van der Waals surface area contributed by atoms with Gasteiger partial charge in [0.05, 0.1) is 0 Å². The maximum atomic E-state index is 11.2. The number of aromatic amines is 1. The van der Waals surface area contributed by atoms with Gasteiger partial charge in [-0.1, -0.05) is 11.8 Å². The highest BCUT2D eigenvalue weighted by Gasteiger charge is 2.07. The van der Waals surface area contributed by atoms with Crippen LogP contribution >= 0.6 is 11.8 Å². The van der Waals surface area contributed by atoms with Crippen LogP contribution in [0.15, 0.2) is 16.0 Å². The van der Waals surface area contributed by atoms with E-state index in [1.54, 1.807) is 6.92 Å². The van der Waals surface area contributed by atoms with Crippen LogP contribution in [-0.2, 0) is 0 Å². The molecule has 0 aromatic carbocycles. The van der Waals surface area contributed by atoms with Crippen molar-refractivity contribution in [3.8, 4) is 0 Å². The average molecular weight is 243 g/mol. The zero-order valence-corrected chi connectivity index (χ0v) is 10.3. The van der Waals surface area contributed by atoms with Crippen LogP contribution in [0.1, 0.15) is 12.1 Å². The Morgan fingerprint density at radius 2 is 2.44 bits per heavy atom. The van der Waals surface area contributed by atoms with Crippen LogP contribution in [0, 0.1) is 6.92 Å². The van der Waals surface area contributed by atoms with Gasteiger partial charge in [-0.25, -0.2) is 4.98 Å². The minimum Gasteiger partial charge on any atom is -0.396 e. The Labute approximate surface area is 98.7 Å². The molecule has 6 heteroatoms. The highest BCUT2D eigenvalue weighted by atomic mass is 32.2. The van der Waals surface area contributed by atoms with Crippen molar-refractivity contribution >= 4 is 11.8 Å². The van der Waals surface area contributed by atoms with E-state index in [-0.39, 0.29) is 18.2 Å². The van der Waals surface area contributed by atoms with Crippen LogP contribution in [0.25, 0.3) is 0 Å². The summed E-state index contributed by atoms with van der Waals surface area (Å²) in [6, 6.07) is 1.69. The fourth-order valence-corrected chi connectivity index (χ4v) is 2.34. The number of aliphatic hydroxyl groups is 1. The zero-order chi connectivity index (χ0) is 12.0. The van der Waals surface area contributed by atoms with E-state index in [4.69, 9.17) is 5.11 Å². The Bertz CT molecular complexity index is 381. The second-order valence-corrected chi connectivity index (χ2v) is 4.51. The third-order valence-corrected chi connectivity index (χ3v) is 3.19. The number of thioether (sulfide) groups is 1. The summed E-state index contributed by atoms with van der Waals surface area (Å²) >= 11 is 1.48. The van der Waals surface area contributed by atoms with Crippen LogP contribution in [0.2, 0.25) is 0 Å². The minimum absolute atomic E-state index is 0.127. The van der Waals surface area contributed by atoms with Gasteiger partial charge in [0, 0.05) is 30.2 Å². The second kappa shape index (κ2) is 6.67. The topological polar surface area (TPSA) is 78.0 Å². The van der Waals surface area contributed by atoms with Gasteiger partial charge in [-0.2, -0.15) is 0 Å². The Hall–Kier alpha value is -0.850. The van der Waals surface area contributed by atoms with Crippen molar-refractivity contribution in [2.24, 2.45) is 0 Å². The van der Waals surface area contributed by atoms with Crippen molar-refractivity contribution in [3.05, 3.63) is 22.1 Å². The Morgan fingerprint density at radius 3 is 3.00 bits per heavy atom. The van der Waals surface area contributed by atoms with Crippen LogP contribution in [0.3, 0.4) is 0 Å². The Morgan fingerprint density at radius 1 is 1.69 bits per heavy atom. The normalized spacial score (nSPS) is 12.7. The van der Waals surface area contributed by atoms with E-state index in [0.29, 0.717) is 11.6 Å². The maximum absolute atomic E-state index is 11.2. The first kappa shape index (κ1) is 13.2. The highest BCUT2D eigenvalue weighted by molar-refractivity contribution is 7.99. The lowest BCUT2D eigenvalue weighted by Crippen LogP contribution is -2.28. The maximum Gasteiger partial charge on any atom is 0.251 e. The van der Waals surface area contributed by atoms with E-state index in [9.17, 15) is 4.79 Å². The van der Waals surface area contributed by atoms with Gasteiger partial charge < -0.3 is 15.4 Å². The number of H-pyrrole nitrogens is 1. The van der Waals surface area contributed by atoms with E-state index < -0.39 is 0 Å². The molecule has 0 saturated heterocycles. The molecule has 0 fully saturated rings. The van der Waals surface area contributed by atoms with Gasteiger partial charge in [0.25, 0.3) is 5.56 Å². The van der Waals surface area contributed by atoms with E-state index in [1.165, 1.54) is 17.8 Å². The van der Waals surface area contributed by atoms with Gasteiger partial charge in [-0.05, 0) is 20.4 Å². The molecule has 0 aliphatic carbocycles. The monoisotopic (exact) mass is 243 g/mol.